The highest BCUT2D eigenvalue weighted by molar-refractivity contribution is 7.99. The van der Waals surface area contributed by atoms with Crippen molar-refractivity contribution in [2.75, 3.05) is 11.1 Å². The summed E-state index contributed by atoms with van der Waals surface area (Å²) in [6.07, 6.45) is -0.584. The van der Waals surface area contributed by atoms with Crippen molar-refractivity contribution in [3.63, 3.8) is 0 Å². The monoisotopic (exact) mass is 436 g/mol. The summed E-state index contributed by atoms with van der Waals surface area (Å²) in [5.41, 5.74) is -0.231. The molecule has 6 nitrogen and oxygen atoms in total. The molecule has 3 aromatic rings. The number of benzene rings is 2. The predicted molar refractivity (Wildman–Crippen MR) is 107 cm³/mol. The number of nitrogens with one attached hydrogen (secondary N) is 1. The van der Waals surface area contributed by atoms with Gasteiger partial charge in [0.2, 0.25) is 5.91 Å². The quantitative estimate of drug-likeness (QED) is 0.524. The number of hydrogen-bond donors (Lipinski definition) is 1. The summed E-state index contributed by atoms with van der Waals surface area (Å²) in [6, 6.07) is 8.86. The number of para-hydroxylation sites is 1. The van der Waals surface area contributed by atoms with Gasteiger partial charge in [-0.1, -0.05) is 23.9 Å². The summed E-state index contributed by atoms with van der Waals surface area (Å²) < 4.78 is 48.1. The molecule has 1 N–H and O–H groups in total. The molecule has 0 saturated carbocycles. The minimum Gasteiger partial charge on any atom is -0.480 e. The van der Waals surface area contributed by atoms with Crippen LogP contribution in [0.1, 0.15) is 25.8 Å². The molecule has 0 fully saturated rings. The molecular formula is C20H19F3N4O2S. The number of ether oxygens (including phenoxy) is 1. The third-order valence-electron chi connectivity index (χ3n) is 4.10. The van der Waals surface area contributed by atoms with Crippen molar-refractivity contribution in [3.8, 4) is 5.75 Å². The molecule has 1 heterocycles. The number of carbonyl (C=O) groups excluding carboxylic acids is 1. The molecule has 0 bridgehead atoms. The Balaban J connectivity index is 1.66. The Kier molecular flexibility index (Phi) is 6.99. The van der Waals surface area contributed by atoms with E-state index >= 15 is 0 Å². The zero-order valence-corrected chi connectivity index (χ0v) is 17.0. The first kappa shape index (κ1) is 21.7. The van der Waals surface area contributed by atoms with Crippen LogP contribution in [0.5, 0.6) is 5.75 Å². The average molecular weight is 436 g/mol. The summed E-state index contributed by atoms with van der Waals surface area (Å²) in [4.78, 5) is 12.1. The van der Waals surface area contributed by atoms with E-state index in [2.05, 4.69) is 15.5 Å². The molecule has 30 heavy (non-hydrogen) atoms. The van der Waals surface area contributed by atoms with Crippen LogP contribution in [0.3, 0.4) is 0 Å². The molecule has 0 saturated heterocycles. The van der Waals surface area contributed by atoms with E-state index in [0.717, 1.165) is 30.0 Å². The van der Waals surface area contributed by atoms with E-state index in [1.54, 1.807) is 23.6 Å². The zero-order chi connectivity index (χ0) is 21.7. The maximum Gasteiger partial charge on any atom is 0.234 e. The fourth-order valence-electron chi connectivity index (χ4n) is 2.70. The number of amides is 1. The van der Waals surface area contributed by atoms with Gasteiger partial charge < -0.3 is 14.6 Å². The Labute approximate surface area is 175 Å². The van der Waals surface area contributed by atoms with Gasteiger partial charge in [-0.2, -0.15) is 0 Å². The first-order chi connectivity index (χ1) is 14.4. The number of thioether (sulfide) groups is 1. The van der Waals surface area contributed by atoms with Crippen LogP contribution in [0.4, 0.5) is 18.9 Å². The van der Waals surface area contributed by atoms with Crippen LogP contribution in [-0.4, -0.2) is 26.4 Å². The first-order valence-electron chi connectivity index (χ1n) is 9.11. The smallest absolute Gasteiger partial charge is 0.234 e. The molecule has 0 aliphatic rings. The van der Waals surface area contributed by atoms with Gasteiger partial charge in [0, 0.05) is 12.6 Å². The summed E-state index contributed by atoms with van der Waals surface area (Å²) in [5.74, 6) is -1.90. The molecular weight excluding hydrogens is 417 g/mol. The third kappa shape index (κ3) is 5.12. The fourth-order valence-corrected chi connectivity index (χ4v) is 3.51. The second-order valence-electron chi connectivity index (χ2n) is 6.24. The topological polar surface area (TPSA) is 69.0 Å². The van der Waals surface area contributed by atoms with Crippen molar-refractivity contribution in [2.45, 2.75) is 31.7 Å². The molecule has 0 aliphatic carbocycles. The number of anilines is 1. The minimum absolute atomic E-state index is 0.0867. The molecule has 1 unspecified atom stereocenters. The molecule has 0 aliphatic heterocycles. The second kappa shape index (κ2) is 9.66. The Morgan fingerprint density at radius 2 is 1.93 bits per heavy atom. The predicted octanol–water partition coefficient (Wildman–Crippen LogP) is 4.59. The van der Waals surface area contributed by atoms with Crippen LogP contribution in [0.25, 0.3) is 0 Å². The van der Waals surface area contributed by atoms with Gasteiger partial charge in [0.15, 0.2) is 28.7 Å². The van der Waals surface area contributed by atoms with E-state index < -0.39 is 29.5 Å². The van der Waals surface area contributed by atoms with Gasteiger partial charge in [0.25, 0.3) is 0 Å². The Hall–Kier alpha value is -3.01. The molecule has 2 aromatic carbocycles. The van der Waals surface area contributed by atoms with Crippen LogP contribution in [0.15, 0.2) is 47.6 Å². The Bertz CT molecular complexity index is 1040. The maximum atomic E-state index is 13.8. The first-order valence-corrected chi connectivity index (χ1v) is 10.1. The number of halogens is 3. The number of hydrogen-bond acceptors (Lipinski definition) is 5. The lowest BCUT2D eigenvalue weighted by Gasteiger charge is -2.16. The molecule has 10 heteroatoms. The van der Waals surface area contributed by atoms with Crippen molar-refractivity contribution >= 4 is 23.4 Å². The van der Waals surface area contributed by atoms with Gasteiger partial charge in [-0.05, 0) is 38.1 Å². The molecule has 1 atom stereocenters. The van der Waals surface area contributed by atoms with Gasteiger partial charge in [-0.25, -0.2) is 13.2 Å². The van der Waals surface area contributed by atoms with E-state index in [0.29, 0.717) is 17.5 Å². The lowest BCUT2D eigenvalue weighted by Crippen LogP contribution is -2.16. The molecule has 1 amide bonds. The summed E-state index contributed by atoms with van der Waals surface area (Å²) >= 11 is 1.09. The van der Waals surface area contributed by atoms with Gasteiger partial charge in [-0.15, -0.1) is 10.2 Å². The summed E-state index contributed by atoms with van der Waals surface area (Å²) in [7, 11) is 0. The highest BCUT2D eigenvalue weighted by Gasteiger charge is 2.20. The van der Waals surface area contributed by atoms with Gasteiger partial charge in [0.05, 0.1) is 11.4 Å². The molecule has 3 rings (SSSR count). The van der Waals surface area contributed by atoms with Crippen molar-refractivity contribution in [3.05, 3.63) is 65.7 Å². The Morgan fingerprint density at radius 3 is 2.67 bits per heavy atom. The van der Waals surface area contributed by atoms with Gasteiger partial charge in [0.1, 0.15) is 11.6 Å². The van der Waals surface area contributed by atoms with Gasteiger partial charge >= 0.3 is 0 Å². The number of rotatable bonds is 8. The minimum atomic E-state index is -0.729. The highest BCUT2D eigenvalue weighted by atomic mass is 32.2. The molecule has 158 valence electrons. The summed E-state index contributed by atoms with van der Waals surface area (Å²) in [5, 5.41) is 11.0. The van der Waals surface area contributed by atoms with Crippen LogP contribution < -0.4 is 10.1 Å². The maximum absolute atomic E-state index is 13.8. The lowest BCUT2D eigenvalue weighted by molar-refractivity contribution is -0.113. The molecule has 0 spiro atoms. The number of aromatic nitrogens is 3. The normalized spacial score (nSPS) is 11.9. The van der Waals surface area contributed by atoms with E-state index in [9.17, 15) is 18.0 Å². The van der Waals surface area contributed by atoms with E-state index in [1.165, 1.54) is 12.1 Å². The van der Waals surface area contributed by atoms with Crippen LogP contribution in [-0.2, 0) is 11.3 Å². The van der Waals surface area contributed by atoms with Crippen molar-refractivity contribution in [1.82, 2.24) is 14.8 Å². The standard InChI is InChI=1S/C20H19F3N4O2S/c1-3-27-19(12(2)29-17-7-5-4-6-15(17)23)25-26-20(27)30-11-18(28)24-16-10-13(21)8-9-14(16)22/h4-10,12H,3,11H2,1-2H3,(H,24,28). The molecule has 1 aromatic heterocycles. The van der Waals surface area contributed by atoms with E-state index in [1.807, 2.05) is 6.92 Å². The van der Waals surface area contributed by atoms with Gasteiger partial charge in [-0.3, -0.25) is 4.79 Å². The average Bonchev–Trinajstić information content (AvgIpc) is 3.14. The fraction of sp³-hybridized carbons (Fsp3) is 0.250. The van der Waals surface area contributed by atoms with Crippen LogP contribution in [0.2, 0.25) is 0 Å². The largest absolute Gasteiger partial charge is 0.480 e. The van der Waals surface area contributed by atoms with Crippen LogP contribution in [0, 0.1) is 17.5 Å². The lowest BCUT2D eigenvalue weighted by atomic mass is 10.3. The van der Waals surface area contributed by atoms with Crippen molar-refractivity contribution in [1.29, 1.82) is 0 Å². The van der Waals surface area contributed by atoms with Crippen molar-refractivity contribution in [2.24, 2.45) is 0 Å². The van der Waals surface area contributed by atoms with Crippen LogP contribution >= 0.6 is 11.8 Å². The SMILES string of the molecule is CCn1c(SCC(=O)Nc2cc(F)ccc2F)nnc1C(C)Oc1ccccc1F. The van der Waals surface area contributed by atoms with Crippen molar-refractivity contribution < 1.29 is 22.7 Å². The Morgan fingerprint density at radius 1 is 1.17 bits per heavy atom. The number of nitrogens with zero attached hydrogens (tertiary/aromatic N) is 3. The molecule has 0 radical (unpaired) electrons. The second-order valence-corrected chi connectivity index (χ2v) is 7.18. The highest BCUT2D eigenvalue weighted by Crippen LogP contribution is 2.26. The number of carbonyl (C=O) groups is 1. The third-order valence-corrected chi connectivity index (χ3v) is 5.07. The zero-order valence-electron chi connectivity index (χ0n) is 16.2. The summed E-state index contributed by atoms with van der Waals surface area (Å²) in [6.45, 7) is 4.08. The van der Waals surface area contributed by atoms with E-state index in [4.69, 9.17) is 4.74 Å². The van der Waals surface area contributed by atoms with E-state index in [-0.39, 0.29) is 17.2 Å².